The molecule has 7 rings (SSSR count). The molecule has 0 saturated heterocycles. The van der Waals surface area contributed by atoms with E-state index in [2.05, 4.69) is 48.6 Å². The number of rotatable bonds is 3. The molecule has 0 aliphatic heterocycles. The van der Waals surface area contributed by atoms with Gasteiger partial charge in [-0.25, -0.2) is 9.83 Å². The predicted octanol–water partition coefficient (Wildman–Crippen LogP) is 6.50. The van der Waals surface area contributed by atoms with Crippen molar-refractivity contribution in [2.24, 2.45) is 0 Å². The van der Waals surface area contributed by atoms with E-state index in [1.807, 2.05) is 72.8 Å². The minimum absolute atomic E-state index is 0.487. The summed E-state index contributed by atoms with van der Waals surface area (Å²) in [6, 6.07) is 32.1. The molecule has 0 unspecified atom stereocenters. The molecule has 0 aliphatic rings. The Morgan fingerprint density at radius 2 is 1.42 bits per heavy atom. The number of hydrogen-bond donors (Lipinski definition) is 0. The minimum Gasteiger partial charge on any atom is -0.309 e. The second-order valence-corrected chi connectivity index (χ2v) is 8.43. The molecular formula is C29H17N7. The molecule has 0 radical (unpaired) electrons. The van der Waals surface area contributed by atoms with Gasteiger partial charge in [0.05, 0.1) is 17.6 Å². The lowest BCUT2D eigenvalue weighted by atomic mass is 10.1. The Bertz CT molecular complexity index is 1950. The molecule has 7 aromatic rings. The summed E-state index contributed by atoms with van der Waals surface area (Å²) in [5.41, 5.74) is 5.57. The maximum Gasteiger partial charge on any atom is 0.256 e. The van der Waals surface area contributed by atoms with Crippen LogP contribution in [-0.4, -0.2) is 29.1 Å². The van der Waals surface area contributed by atoms with E-state index in [1.165, 1.54) is 6.33 Å². The lowest BCUT2D eigenvalue weighted by Crippen LogP contribution is -1.99. The number of benzene rings is 4. The second-order valence-electron chi connectivity index (χ2n) is 8.43. The Balaban J connectivity index is 1.48. The van der Waals surface area contributed by atoms with Crippen LogP contribution in [-0.2, 0) is 0 Å². The molecule has 0 atom stereocenters. The quantitative estimate of drug-likeness (QED) is 0.281. The molecule has 0 spiro atoms. The maximum absolute atomic E-state index is 7.52. The summed E-state index contributed by atoms with van der Waals surface area (Å²) in [4.78, 5) is 17.2. The Hall–Kier alpha value is -5.35. The SMILES string of the molecule is [C-]#[N+]c1ccc2c(c1)c1cc(-c3ncnc4nc(-c5ccccc5)nn34)ccc1n2-c1ccccc1. The minimum atomic E-state index is 0.487. The highest BCUT2D eigenvalue weighted by atomic mass is 15.4. The van der Waals surface area contributed by atoms with Gasteiger partial charge in [0.2, 0.25) is 0 Å². The third kappa shape index (κ3) is 3.06. The molecule has 0 fully saturated rings. The van der Waals surface area contributed by atoms with Crippen LogP contribution in [0.5, 0.6) is 0 Å². The van der Waals surface area contributed by atoms with Gasteiger partial charge in [0.15, 0.2) is 17.3 Å². The van der Waals surface area contributed by atoms with Crippen LogP contribution in [0, 0.1) is 6.57 Å². The Morgan fingerprint density at radius 3 is 2.19 bits per heavy atom. The normalized spacial score (nSPS) is 11.3. The van der Waals surface area contributed by atoms with Gasteiger partial charge >= 0.3 is 0 Å². The van der Waals surface area contributed by atoms with Gasteiger partial charge in [0, 0.05) is 22.2 Å². The summed E-state index contributed by atoms with van der Waals surface area (Å²) < 4.78 is 3.91. The molecule has 4 aromatic carbocycles. The Morgan fingerprint density at radius 1 is 0.694 bits per heavy atom. The number of nitrogens with zero attached hydrogens (tertiary/aromatic N) is 7. The van der Waals surface area contributed by atoms with Crippen molar-refractivity contribution in [2.45, 2.75) is 0 Å². The Kier molecular flexibility index (Phi) is 4.38. The first-order valence-corrected chi connectivity index (χ1v) is 11.4. The first-order chi connectivity index (χ1) is 17.8. The first kappa shape index (κ1) is 20.1. The molecule has 3 heterocycles. The molecule has 7 heteroatoms. The van der Waals surface area contributed by atoms with Crippen molar-refractivity contribution in [1.82, 2.24) is 29.1 Å². The summed E-state index contributed by atoms with van der Waals surface area (Å²) >= 11 is 0. The highest BCUT2D eigenvalue weighted by Crippen LogP contribution is 2.36. The molecule has 7 nitrogen and oxygen atoms in total. The molecular weight excluding hydrogens is 446 g/mol. The van der Waals surface area contributed by atoms with Crippen molar-refractivity contribution in [3.63, 3.8) is 0 Å². The number of para-hydroxylation sites is 1. The summed E-state index contributed by atoms with van der Waals surface area (Å²) in [5, 5.41) is 6.76. The van der Waals surface area contributed by atoms with Crippen LogP contribution in [0.3, 0.4) is 0 Å². The van der Waals surface area contributed by atoms with Gasteiger partial charge in [0.25, 0.3) is 5.78 Å². The number of aromatic nitrogens is 6. The van der Waals surface area contributed by atoms with Crippen molar-refractivity contribution < 1.29 is 0 Å². The molecule has 0 bridgehead atoms. The Labute approximate surface area is 205 Å². The van der Waals surface area contributed by atoms with Crippen LogP contribution >= 0.6 is 0 Å². The second kappa shape index (κ2) is 7.86. The molecule has 0 amide bonds. The lowest BCUT2D eigenvalue weighted by Gasteiger charge is -2.08. The molecule has 0 N–H and O–H groups in total. The zero-order valence-corrected chi connectivity index (χ0v) is 18.9. The fourth-order valence-electron chi connectivity index (χ4n) is 4.70. The highest BCUT2D eigenvalue weighted by Gasteiger charge is 2.17. The van der Waals surface area contributed by atoms with E-state index in [-0.39, 0.29) is 0 Å². The van der Waals surface area contributed by atoms with Crippen LogP contribution in [0.4, 0.5) is 5.69 Å². The van der Waals surface area contributed by atoms with Gasteiger partial charge in [-0.05, 0) is 47.9 Å². The maximum atomic E-state index is 7.52. The number of hydrogen-bond acceptors (Lipinski definition) is 4. The number of fused-ring (bicyclic) bond motifs is 4. The van der Waals surface area contributed by atoms with E-state index in [0.717, 1.165) is 38.6 Å². The van der Waals surface area contributed by atoms with Gasteiger partial charge in [-0.3, -0.25) is 0 Å². The third-order valence-corrected chi connectivity index (χ3v) is 6.33. The summed E-state index contributed by atoms with van der Waals surface area (Å²) in [7, 11) is 0. The molecule has 0 saturated carbocycles. The van der Waals surface area contributed by atoms with Crippen molar-refractivity contribution in [1.29, 1.82) is 0 Å². The third-order valence-electron chi connectivity index (χ3n) is 6.33. The van der Waals surface area contributed by atoms with E-state index in [9.17, 15) is 0 Å². The van der Waals surface area contributed by atoms with Gasteiger partial charge < -0.3 is 4.57 Å². The van der Waals surface area contributed by atoms with Gasteiger partial charge in [-0.1, -0.05) is 54.6 Å². The standard InChI is InChI=1S/C29H17N7/c1-30-21-13-15-26-24(17-21)23-16-20(12-14-25(23)35(26)22-10-6-3-7-11-22)28-31-18-32-29-33-27(34-36(28)29)19-8-4-2-5-9-19/h2-18H. The summed E-state index contributed by atoms with van der Waals surface area (Å²) in [6.45, 7) is 7.52. The fraction of sp³-hybridized carbons (Fsp3) is 0. The average Bonchev–Trinajstić information content (AvgIpc) is 3.53. The fourth-order valence-corrected chi connectivity index (χ4v) is 4.70. The van der Waals surface area contributed by atoms with Crippen LogP contribution in [0.15, 0.2) is 103 Å². The van der Waals surface area contributed by atoms with Gasteiger partial charge in [0.1, 0.15) is 6.33 Å². The summed E-state index contributed by atoms with van der Waals surface area (Å²) in [6.07, 6.45) is 1.52. The van der Waals surface area contributed by atoms with E-state index in [0.29, 0.717) is 23.1 Å². The van der Waals surface area contributed by atoms with Crippen LogP contribution in [0.1, 0.15) is 0 Å². The van der Waals surface area contributed by atoms with E-state index in [1.54, 1.807) is 4.52 Å². The molecule has 3 aromatic heterocycles. The lowest BCUT2D eigenvalue weighted by molar-refractivity contribution is 0.905. The van der Waals surface area contributed by atoms with Crippen LogP contribution in [0.25, 0.3) is 60.9 Å². The highest BCUT2D eigenvalue weighted by molar-refractivity contribution is 6.11. The van der Waals surface area contributed by atoms with Crippen molar-refractivity contribution in [3.05, 3.63) is 115 Å². The average molecular weight is 464 g/mol. The smallest absolute Gasteiger partial charge is 0.256 e. The molecule has 0 aliphatic carbocycles. The zero-order valence-electron chi connectivity index (χ0n) is 18.9. The van der Waals surface area contributed by atoms with Gasteiger partial charge in [-0.2, -0.15) is 14.5 Å². The first-order valence-electron chi connectivity index (χ1n) is 11.4. The van der Waals surface area contributed by atoms with Gasteiger partial charge in [-0.15, -0.1) is 5.10 Å². The zero-order chi connectivity index (χ0) is 24.1. The van der Waals surface area contributed by atoms with Crippen molar-refractivity contribution >= 4 is 33.3 Å². The van der Waals surface area contributed by atoms with Crippen LogP contribution in [0.2, 0.25) is 0 Å². The summed E-state index contributed by atoms with van der Waals surface area (Å²) in [5.74, 6) is 1.74. The molecule has 36 heavy (non-hydrogen) atoms. The van der Waals surface area contributed by atoms with Crippen molar-refractivity contribution in [3.8, 4) is 28.5 Å². The van der Waals surface area contributed by atoms with Crippen LogP contribution < -0.4 is 0 Å². The predicted molar refractivity (Wildman–Crippen MR) is 140 cm³/mol. The van der Waals surface area contributed by atoms with E-state index >= 15 is 0 Å². The monoisotopic (exact) mass is 463 g/mol. The largest absolute Gasteiger partial charge is 0.309 e. The van der Waals surface area contributed by atoms with E-state index < -0.39 is 0 Å². The molecule has 168 valence electrons. The van der Waals surface area contributed by atoms with Crippen molar-refractivity contribution in [2.75, 3.05) is 0 Å². The van der Waals surface area contributed by atoms with E-state index in [4.69, 9.17) is 11.7 Å². The topological polar surface area (TPSA) is 65.3 Å².